The van der Waals surface area contributed by atoms with Gasteiger partial charge in [-0.3, -0.25) is 0 Å². The zero-order chi connectivity index (χ0) is 17.8. The number of aromatic nitrogens is 2. The van der Waals surface area contributed by atoms with Gasteiger partial charge in [0.05, 0.1) is 23.9 Å². The molecule has 2 heterocycles. The molecule has 130 valence electrons. The Balaban J connectivity index is 2.19. The average molecular weight is 339 g/mol. The Morgan fingerprint density at radius 3 is 2.88 bits per heavy atom. The van der Waals surface area contributed by atoms with E-state index in [-0.39, 0.29) is 5.56 Å². The van der Waals surface area contributed by atoms with E-state index in [4.69, 9.17) is 10.5 Å². The van der Waals surface area contributed by atoms with Crippen LogP contribution in [-0.2, 0) is 6.42 Å². The molecule has 0 bridgehead atoms. The Morgan fingerprint density at radius 1 is 1.32 bits per heavy atom. The fourth-order valence-electron chi connectivity index (χ4n) is 3.06. The van der Waals surface area contributed by atoms with Crippen LogP contribution in [0, 0.1) is 0 Å². The molecular weight excluding hydrogens is 318 g/mol. The van der Waals surface area contributed by atoms with E-state index < -0.39 is 5.97 Å². The molecule has 3 rings (SSSR count). The van der Waals surface area contributed by atoms with Gasteiger partial charge in [-0.05, 0) is 61.7 Å². The molecule has 0 fully saturated rings. The van der Waals surface area contributed by atoms with Crippen LogP contribution in [0.4, 0.5) is 0 Å². The second-order valence-corrected chi connectivity index (χ2v) is 5.85. The van der Waals surface area contributed by atoms with Gasteiger partial charge < -0.3 is 20.6 Å². The largest absolute Gasteiger partial charge is 0.481 e. The number of carboxylic acid groups (broad SMARTS) is 1. The minimum atomic E-state index is -0.934. The van der Waals surface area contributed by atoms with Crippen LogP contribution in [0.15, 0.2) is 36.5 Å². The van der Waals surface area contributed by atoms with Crippen LogP contribution in [0.25, 0.3) is 22.2 Å². The number of nitrogens with two attached hydrogens (primary N) is 1. The standard InChI is InChI=1S/C19H21N3O3/c1-25-18-14(6-4-10-21-18)17-13(5-2-3-9-20)15-11-12(19(23)24)7-8-16(15)22-17/h4,6-8,10-11,22H,2-3,5,9,20H2,1H3,(H,23,24). The fraction of sp³-hybridized carbons (Fsp3) is 0.263. The van der Waals surface area contributed by atoms with Crippen molar-refractivity contribution >= 4 is 16.9 Å². The molecule has 2 aromatic heterocycles. The van der Waals surface area contributed by atoms with Gasteiger partial charge in [0.1, 0.15) is 0 Å². The van der Waals surface area contributed by atoms with Gasteiger partial charge in [-0.15, -0.1) is 0 Å². The van der Waals surface area contributed by atoms with Gasteiger partial charge in [0.2, 0.25) is 5.88 Å². The van der Waals surface area contributed by atoms with Crippen molar-refractivity contribution in [1.82, 2.24) is 9.97 Å². The maximum Gasteiger partial charge on any atom is 0.335 e. The first-order valence-corrected chi connectivity index (χ1v) is 8.23. The van der Waals surface area contributed by atoms with Gasteiger partial charge in [-0.2, -0.15) is 0 Å². The summed E-state index contributed by atoms with van der Waals surface area (Å²) < 4.78 is 5.39. The number of aromatic amines is 1. The highest BCUT2D eigenvalue weighted by Crippen LogP contribution is 2.35. The first-order valence-electron chi connectivity index (χ1n) is 8.23. The normalized spacial score (nSPS) is 11.0. The summed E-state index contributed by atoms with van der Waals surface area (Å²) in [6, 6.07) is 8.93. The molecule has 0 saturated carbocycles. The van der Waals surface area contributed by atoms with E-state index in [0.29, 0.717) is 12.4 Å². The van der Waals surface area contributed by atoms with Crippen LogP contribution in [0.5, 0.6) is 5.88 Å². The summed E-state index contributed by atoms with van der Waals surface area (Å²) in [7, 11) is 1.59. The van der Waals surface area contributed by atoms with E-state index in [0.717, 1.165) is 47.0 Å². The van der Waals surface area contributed by atoms with Gasteiger partial charge in [0.15, 0.2) is 0 Å². The highest BCUT2D eigenvalue weighted by atomic mass is 16.5. The van der Waals surface area contributed by atoms with Crippen LogP contribution in [0.2, 0.25) is 0 Å². The second kappa shape index (κ2) is 7.36. The van der Waals surface area contributed by atoms with Crippen molar-refractivity contribution < 1.29 is 14.6 Å². The van der Waals surface area contributed by atoms with Crippen molar-refractivity contribution in [2.45, 2.75) is 19.3 Å². The predicted molar refractivity (Wildman–Crippen MR) is 97.0 cm³/mol. The molecule has 6 nitrogen and oxygen atoms in total. The minimum Gasteiger partial charge on any atom is -0.481 e. The summed E-state index contributed by atoms with van der Waals surface area (Å²) in [5.41, 5.74) is 9.64. The molecule has 4 N–H and O–H groups in total. The number of aromatic carboxylic acids is 1. The number of unbranched alkanes of at least 4 members (excludes halogenated alkanes) is 1. The summed E-state index contributed by atoms with van der Waals surface area (Å²) in [5.74, 6) is -0.399. The molecule has 0 aliphatic heterocycles. The number of rotatable bonds is 7. The fourth-order valence-corrected chi connectivity index (χ4v) is 3.06. The van der Waals surface area contributed by atoms with Crippen LogP contribution in [-0.4, -0.2) is 34.7 Å². The number of carbonyl (C=O) groups is 1. The van der Waals surface area contributed by atoms with Crippen molar-refractivity contribution in [1.29, 1.82) is 0 Å². The number of H-pyrrole nitrogens is 1. The van der Waals surface area contributed by atoms with E-state index >= 15 is 0 Å². The lowest BCUT2D eigenvalue weighted by Gasteiger charge is -2.08. The molecule has 0 aliphatic rings. The molecule has 6 heteroatoms. The predicted octanol–water partition coefficient (Wildman–Crippen LogP) is 3.22. The summed E-state index contributed by atoms with van der Waals surface area (Å²) >= 11 is 0. The van der Waals surface area contributed by atoms with Crippen LogP contribution in [0.3, 0.4) is 0 Å². The molecule has 3 aromatic rings. The number of benzene rings is 1. The third-order valence-corrected chi connectivity index (χ3v) is 4.27. The van der Waals surface area contributed by atoms with Gasteiger partial charge >= 0.3 is 5.97 Å². The Kier molecular flexibility index (Phi) is 5.00. The lowest BCUT2D eigenvalue weighted by molar-refractivity contribution is 0.0697. The monoisotopic (exact) mass is 339 g/mol. The molecule has 0 saturated heterocycles. The lowest BCUT2D eigenvalue weighted by atomic mass is 9.99. The van der Waals surface area contributed by atoms with Crippen molar-refractivity contribution in [2.75, 3.05) is 13.7 Å². The zero-order valence-electron chi connectivity index (χ0n) is 14.1. The van der Waals surface area contributed by atoms with Crippen molar-refractivity contribution in [3.05, 3.63) is 47.7 Å². The molecular formula is C19H21N3O3. The van der Waals surface area contributed by atoms with E-state index in [1.54, 1.807) is 31.5 Å². The smallest absolute Gasteiger partial charge is 0.335 e. The quantitative estimate of drug-likeness (QED) is 0.574. The molecule has 25 heavy (non-hydrogen) atoms. The van der Waals surface area contributed by atoms with Gasteiger partial charge in [-0.25, -0.2) is 9.78 Å². The Bertz CT molecular complexity index is 902. The number of aryl methyl sites for hydroxylation is 1. The summed E-state index contributed by atoms with van der Waals surface area (Å²) in [6.45, 7) is 0.633. The zero-order valence-corrected chi connectivity index (χ0v) is 14.1. The van der Waals surface area contributed by atoms with E-state index in [2.05, 4.69) is 9.97 Å². The number of nitrogens with one attached hydrogen (secondary N) is 1. The number of ether oxygens (including phenoxy) is 1. The van der Waals surface area contributed by atoms with E-state index in [1.165, 1.54) is 0 Å². The molecule has 0 spiro atoms. The second-order valence-electron chi connectivity index (χ2n) is 5.85. The van der Waals surface area contributed by atoms with Crippen molar-refractivity contribution in [3.63, 3.8) is 0 Å². The molecule has 0 radical (unpaired) electrons. The number of methoxy groups -OCH3 is 1. The topological polar surface area (TPSA) is 101 Å². The summed E-state index contributed by atoms with van der Waals surface area (Å²) in [6.07, 6.45) is 4.32. The highest BCUT2D eigenvalue weighted by Gasteiger charge is 2.18. The lowest BCUT2D eigenvalue weighted by Crippen LogP contribution is -2.00. The average Bonchev–Trinajstić information content (AvgIpc) is 2.99. The number of carboxylic acids is 1. The Morgan fingerprint density at radius 2 is 2.16 bits per heavy atom. The van der Waals surface area contributed by atoms with E-state index in [1.807, 2.05) is 12.1 Å². The molecule has 0 unspecified atom stereocenters. The van der Waals surface area contributed by atoms with Crippen LogP contribution < -0.4 is 10.5 Å². The number of pyridine rings is 1. The minimum absolute atomic E-state index is 0.274. The number of hydrogen-bond donors (Lipinski definition) is 3. The van der Waals surface area contributed by atoms with Crippen LogP contribution >= 0.6 is 0 Å². The van der Waals surface area contributed by atoms with Gasteiger partial charge in [-0.1, -0.05) is 0 Å². The third kappa shape index (κ3) is 3.34. The molecule has 0 amide bonds. The van der Waals surface area contributed by atoms with E-state index in [9.17, 15) is 9.90 Å². The summed E-state index contributed by atoms with van der Waals surface area (Å²) in [5, 5.41) is 10.2. The SMILES string of the molecule is COc1ncccc1-c1[nH]c2ccc(C(=O)O)cc2c1CCCCN. The first kappa shape index (κ1) is 17.0. The maximum atomic E-state index is 11.3. The molecule has 0 atom stereocenters. The number of nitrogens with zero attached hydrogens (tertiary/aromatic N) is 1. The maximum absolute atomic E-state index is 11.3. The summed E-state index contributed by atoms with van der Waals surface area (Å²) in [4.78, 5) is 19.0. The van der Waals surface area contributed by atoms with Crippen molar-refractivity contribution in [3.8, 4) is 17.1 Å². The molecule has 1 aromatic carbocycles. The Hall–Kier alpha value is -2.86. The van der Waals surface area contributed by atoms with Crippen LogP contribution in [0.1, 0.15) is 28.8 Å². The first-order chi connectivity index (χ1) is 12.2. The highest BCUT2D eigenvalue weighted by molar-refractivity contribution is 5.97. The molecule has 0 aliphatic carbocycles. The van der Waals surface area contributed by atoms with Gasteiger partial charge in [0.25, 0.3) is 0 Å². The number of fused-ring (bicyclic) bond motifs is 1. The van der Waals surface area contributed by atoms with Crippen molar-refractivity contribution in [2.24, 2.45) is 5.73 Å². The Labute approximate surface area is 145 Å². The number of hydrogen-bond acceptors (Lipinski definition) is 4. The third-order valence-electron chi connectivity index (χ3n) is 4.27. The van der Waals surface area contributed by atoms with Gasteiger partial charge in [0, 0.05) is 17.1 Å².